The quantitative estimate of drug-likeness (QED) is 0.773. The van der Waals surface area contributed by atoms with Crippen molar-refractivity contribution in [3.05, 3.63) is 40.9 Å². The normalized spacial score (nSPS) is 22.8. The minimum Gasteiger partial charge on any atom is -0.374 e. The number of carbonyl (C=O) groups excluding carboxylic acids is 2. The molecule has 142 valence electrons. The molecule has 3 heterocycles. The van der Waals surface area contributed by atoms with Gasteiger partial charge in [0.25, 0.3) is 5.56 Å². The molecule has 2 fully saturated rings. The number of hydrogen-bond acceptors (Lipinski definition) is 5. The van der Waals surface area contributed by atoms with Crippen molar-refractivity contribution in [3.63, 3.8) is 0 Å². The molecule has 0 radical (unpaired) electrons. The van der Waals surface area contributed by atoms with Crippen molar-refractivity contribution in [2.45, 2.75) is 31.5 Å². The van der Waals surface area contributed by atoms with Crippen LogP contribution in [0.15, 0.2) is 35.4 Å². The maximum absolute atomic E-state index is 12.6. The molecule has 0 aliphatic carbocycles. The third kappa shape index (κ3) is 3.32. The van der Waals surface area contributed by atoms with E-state index in [9.17, 15) is 14.4 Å². The lowest BCUT2D eigenvalue weighted by atomic mass is 10.2. The molecule has 1 aromatic carbocycles. The lowest BCUT2D eigenvalue weighted by Gasteiger charge is -2.25. The van der Waals surface area contributed by atoms with Crippen molar-refractivity contribution in [2.24, 2.45) is 0 Å². The summed E-state index contributed by atoms with van der Waals surface area (Å²) >= 11 is 0. The number of ether oxygens (including phenoxy) is 1. The third-order valence-electron chi connectivity index (χ3n) is 5.43. The van der Waals surface area contributed by atoms with E-state index in [1.807, 2.05) is 6.07 Å². The monoisotopic (exact) mass is 370 g/mol. The number of nitrogens with zero attached hydrogens (tertiary/aromatic N) is 4. The summed E-state index contributed by atoms with van der Waals surface area (Å²) in [4.78, 5) is 44.8. The number of carbonyl (C=O) groups is 2. The van der Waals surface area contributed by atoms with Gasteiger partial charge >= 0.3 is 0 Å². The van der Waals surface area contributed by atoms with Gasteiger partial charge in [0.05, 0.1) is 42.4 Å². The van der Waals surface area contributed by atoms with Gasteiger partial charge in [0.1, 0.15) is 0 Å². The molecule has 2 saturated heterocycles. The van der Waals surface area contributed by atoms with E-state index >= 15 is 0 Å². The molecular weight excluding hydrogens is 348 g/mol. The van der Waals surface area contributed by atoms with E-state index in [1.165, 1.54) is 10.9 Å². The zero-order chi connectivity index (χ0) is 19.0. The van der Waals surface area contributed by atoms with Crippen LogP contribution in [0.4, 0.5) is 0 Å². The van der Waals surface area contributed by atoms with Crippen LogP contribution in [-0.4, -0.2) is 70.1 Å². The number of likely N-dealkylation sites (N-methyl/N-ethyl adjacent to an activating group) is 1. The fraction of sp³-hybridized carbons (Fsp3) is 0.474. The molecule has 0 saturated carbocycles. The van der Waals surface area contributed by atoms with Crippen molar-refractivity contribution in [3.8, 4) is 0 Å². The number of benzene rings is 1. The molecule has 2 aliphatic heterocycles. The Hall–Kier alpha value is -2.74. The zero-order valence-electron chi connectivity index (χ0n) is 15.2. The maximum atomic E-state index is 12.6. The van der Waals surface area contributed by atoms with Crippen LogP contribution in [0.1, 0.15) is 12.8 Å². The van der Waals surface area contributed by atoms with Crippen LogP contribution in [-0.2, 0) is 20.9 Å². The summed E-state index contributed by atoms with van der Waals surface area (Å²) < 4.78 is 7.23. The smallest absolute Gasteiger partial charge is 0.261 e. The highest BCUT2D eigenvalue weighted by molar-refractivity contribution is 5.79. The van der Waals surface area contributed by atoms with Crippen LogP contribution in [0.5, 0.6) is 0 Å². The Labute approximate surface area is 156 Å². The topological polar surface area (TPSA) is 84.7 Å². The SMILES string of the molecule is CN1C(=O)CCO[C@H]2CN(C(=O)CCn3cnc4ccccc4c3=O)C[C@@H]21. The summed E-state index contributed by atoms with van der Waals surface area (Å²) in [7, 11) is 1.77. The van der Waals surface area contributed by atoms with E-state index in [-0.39, 0.29) is 42.5 Å². The van der Waals surface area contributed by atoms with Gasteiger partial charge in [-0.25, -0.2) is 4.98 Å². The number of likely N-dealkylation sites (tertiary alicyclic amines) is 1. The van der Waals surface area contributed by atoms with Crippen LogP contribution in [0, 0.1) is 0 Å². The molecule has 2 amide bonds. The average Bonchev–Trinajstić information content (AvgIpc) is 3.05. The number of aromatic nitrogens is 2. The van der Waals surface area contributed by atoms with Gasteiger partial charge < -0.3 is 14.5 Å². The van der Waals surface area contributed by atoms with E-state index in [0.717, 1.165) is 0 Å². The summed E-state index contributed by atoms with van der Waals surface area (Å²) in [6.07, 6.45) is 1.93. The van der Waals surface area contributed by atoms with Gasteiger partial charge in [-0.15, -0.1) is 0 Å². The second kappa shape index (κ2) is 7.11. The molecule has 0 unspecified atom stereocenters. The molecule has 27 heavy (non-hydrogen) atoms. The largest absolute Gasteiger partial charge is 0.374 e. The third-order valence-corrected chi connectivity index (χ3v) is 5.43. The van der Waals surface area contributed by atoms with Gasteiger partial charge in [0, 0.05) is 33.1 Å². The summed E-state index contributed by atoms with van der Waals surface area (Å²) in [5.74, 6) is -0.00169. The molecule has 4 rings (SSSR count). The lowest BCUT2D eigenvalue weighted by molar-refractivity contribution is -0.133. The number of fused-ring (bicyclic) bond motifs is 2. The first-order valence-corrected chi connectivity index (χ1v) is 9.14. The second-order valence-electron chi connectivity index (χ2n) is 7.04. The summed E-state index contributed by atoms with van der Waals surface area (Å²) in [5.41, 5.74) is 0.503. The van der Waals surface area contributed by atoms with Gasteiger partial charge in [-0.1, -0.05) is 12.1 Å². The van der Waals surface area contributed by atoms with Crippen LogP contribution in [0.2, 0.25) is 0 Å². The minimum absolute atomic E-state index is 0.0468. The Kier molecular flexibility index (Phi) is 4.65. The molecule has 2 atom stereocenters. The van der Waals surface area contributed by atoms with Crippen molar-refractivity contribution >= 4 is 22.7 Å². The van der Waals surface area contributed by atoms with Gasteiger partial charge in [-0.2, -0.15) is 0 Å². The highest BCUT2D eigenvalue weighted by Crippen LogP contribution is 2.22. The zero-order valence-corrected chi connectivity index (χ0v) is 15.2. The van der Waals surface area contributed by atoms with E-state index in [2.05, 4.69) is 4.98 Å². The van der Waals surface area contributed by atoms with E-state index in [4.69, 9.17) is 4.74 Å². The molecule has 0 bridgehead atoms. The van der Waals surface area contributed by atoms with Crippen molar-refractivity contribution in [1.82, 2.24) is 19.4 Å². The van der Waals surface area contributed by atoms with Gasteiger partial charge in [-0.05, 0) is 12.1 Å². The van der Waals surface area contributed by atoms with Crippen molar-refractivity contribution in [1.29, 1.82) is 0 Å². The first-order chi connectivity index (χ1) is 13.0. The molecule has 2 aliphatic rings. The number of para-hydroxylation sites is 1. The number of rotatable bonds is 3. The first kappa shape index (κ1) is 17.7. The molecule has 1 aromatic heterocycles. The molecular formula is C19H22N4O4. The van der Waals surface area contributed by atoms with Gasteiger partial charge in [-0.3, -0.25) is 19.0 Å². The molecule has 8 heteroatoms. The maximum Gasteiger partial charge on any atom is 0.261 e. The number of amides is 2. The van der Waals surface area contributed by atoms with Crippen LogP contribution < -0.4 is 5.56 Å². The standard InChI is InChI=1S/C19H22N4O4/c1-21-15-10-23(11-16(15)27-9-7-17(21)24)18(25)6-8-22-12-20-14-5-3-2-4-13(14)19(22)26/h2-5,12,15-16H,6-11H2,1H3/t15-,16-/m0/s1. The minimum atomic E-state index is -0.145. The summed E-state index contributed by atoms with van der Waals surface area (Å²) in [6, 6.07) is 7.06. The second-order valence-corrected chi connectivity index (χ2v) is 7.04. The molecule has 2 aromatic rings. The molecule has 8 nitrogen and oxygen atoms in total. The van der Waals surface area contributed by atoms with Crippen molar-refractivity contribution in [2.75, 3.05) is 26.7 Å². The van der Waals surface area contributed by atoms with Crippen LogP contribution >= 0.6 is 0 Å². The highest BCUT2D eigenvalue weighted by atomic mass is 16.5. The Bertz CT molecular complexity index is 941. The van der Waals surface area contributed by atoms with E-state index < -0.39 is 0 Å². The van der Waals surface area contributed by atoms with Crippen LogP contribution in [0.25, 0.3) is 10.9 Å². The summed E-state index contributed by atoms with van der Waals surface area (Å²) in [5, 5.41) is 0.546. The van der Waals surface area contributed by atoms with Crippen LogP contribution in [0.3, 0.4) is 0 Å². The van der Waals surface area contributed by atoms with E-state index in [0.29, 0.717) is 37.0 Å². The number of aryl methyl sites for hydroxylation is 1. The first-order valence-electron chi connectivity index (χ1n) is 9.14. The van der Waals surface area contributed by atoms with Crippen molar-refractivity contribution < 1.29 is 14.3 Å². The van der Waals surface area contributed by atoms with Gasteiger partial charge in [0.15, 0.2) is 0 Å². The fourth-order valence-electron chi connectivity index (χ4n) is 3.79. The van der Waals surface area contributed by atoms with Gasteiger partial charge in [0.2, 0.25) is 11.8 Å². The number of hydrogen-bond donors (Lipinski definition) is 0. The highest BCUT2D eigenvalue weighted by Gasteiger charge is 2.41. The average molecular weight is 370 g/mol. The predicted octanol–water partition coefficient (Wildman–Crippen LogP) is 0.245. The molecule has 0 spiro atoms. The Morgan fingerprint density at radius 2 is 2.07 bits per heavy atom. The Morgan fingerprint density at radius 3 is 2.93 bits per heavy atom. The lowest BCUT2D eigenvalue weighted by Crippen LogP contribution is -2.43. The van der Waals surface area contributed by atoms with E-state index in [1.54, 1.807) is 35.0 Å². The molecule has 0 N–H and O–H groups in total. The fourth-order valence-corrected chi connectivity index (χ4v) is 3.79. The Balaban J connectivity index is 1.43. The summed E-state index contributed by atoms with van der Waals surface area (Å²) in [6.45, 7) is 1.62. The Morgan fingerprint density at radius 1 is 1.26 bits per heavy atom. The predicted molar refractivity (Wildman–Crippen MR) is 98.1 cm³/mol.